The molecule has 0 bridgehead atoms. The predicted octanol–water partition coefficient (Wildman–Crippen LogP) is 2.93. The summed E-state index contributed by atoms with van der Waals surface area (Å²) in [5.41, 5.74) is 1.35. The predicted molar refractivity (Wildman–Crippen MR) is 101 cm³/mol. The molecule has 136 valence electrons. The maximum atomic E-state index is 12.6. The number of nitrogens with zero attached hydrogens (tertiary/aromatic N) is 2. The Kier molecular flexibility index (Phi) is 4.12. The minimum atomic E-state index is -0.959. The number of nitrogens with one attached hydrogen (secondary N) is 1. The van der Waals surface area contributed by atoms with E-state index in [4.69, 9.17) is 4.74 Å². The molecule has 1 aromatic heterocycles. The third kappa shape index (κ3) is 2.83. The van der Waals surface area contributed by atoms with Gasteiger partial charge in [-0.05, 0) is 37.3 Å². The maximum Gasteiger partial charge on any atom is 0.262 e. The second-order valence-corrected chi connectivity index (χ2v) is 7.07. The summed E-state index contributed by atoms with van der Waals surface area (Å²) in [6.45, 7) is 1.52. The molecule has 3 amide bonds. The van der Waals surface area contributed by atoms with Crippen LogP contribution in [0, 0.1) is 0 Å². The lowest BCUT2D eigenvalue weighted by Gasteiger charge is -2.21. The van der Waals surface area contributed by atoms with Crippen molar-refractivity contribution >= 4 is 44.4 Å². The number of hydrogen-bond acceptors (Lipinski definition) is 6. The summed E-state index contributed by atoms with van der Waals surface area (Å²) >= 11 is 1.29. The highest BCUT2D eigenvalue weighted by molar-refractivity contribution is 7.22. The SMILES string of the molecule is COc1ccc2nc(NC(=O)C(C)N3C(=O)c4ccccc4C3=O)sc2c1. The molecule has 0 saturated heterocycles. The van der Waals surface area contributed by atoms with Crippen LogP contribution in [0.2, 0.25) is 0 Å². The Morgan fingerprint density at radius 2 is 1.81 bits per heavy atom. The van der Waals surface area contributed by atoms with Crippen molar-refractivity contribution in [3.05, 3.63) is 53.6 Å². The molecule has 2 aromatic carbocycles. The van der Waals surface area contributed by atoms with Gasteiger partial charge in [-0.25, -0.2) is 4.98 Å². The van der Waals surface area contributed by atoms with E-state index in [1.807, 2.05) is 6.07 Å². The van der Waals surface area contributed by atoms with E-state index in [0.29, 0.717) is 22.0 Å². The van der Waals surface area contributed by atoms with Crippen molar-refractivity contribution < 1.29 is 19.1 Å². The molecule has 27 heavy (non-hydrogen) atoms. The molecule has 0 aliphatic carbocycles. The Hall–Kier alpha value is -3.26. The highest BCUT2D eigenvalue weighted by Crippen LogP contribution is 2.30. The molecule has 1 unspecified atom stereocenters. The summed E-state index contributed by atoms with van der Waals surface area (Å²) < 4.78 is 6.04. The lowest BCUT2D eigenvalue weighted by atomic mass is 10.1. The van der Waals surface area contributed by atoms with E-state index in [0.717, 1.165) is 15.1 Å². The van der Waals surface area contributed by atoms with Gasteiger partial charge in [-0.1, -0.05) is 23.5 Å². The molecule has 1 N–H and O–H groups in total. The van der Waals surface area contributed by atoms with Crippen LogP contribution in [0.4, 0.5) is 5.13 Å². The first-order chi connectivity index (χ1) is 13.0. The minimum absolute atomic E-state index is 0.314. The minimum Gasteiger partial charge on any atom is -0.497 e. The number of anilines is 1. The number of thiazole rings is 1. The largest absolute Gasteiger partial charge is 0.497 e. The van der Waals surface area contributed by atoms with E-state index >= 15 is 0 Å². The van der Waals surface area contributed by atoms with Crippen molar-refractivity contribution in [1.29, 1.82) is 0 Å². The molecular formula is C19H15N3O4S. The fourth-order valence-corrected chi connectivity index (χ4v) is 3.87. The van der Waals surface area contributed by atoms with Crippen LogP contribution in [0.5, 0.6) is 5.75 Å². The summed E-state index contributed by atoms with van der Waals surface area (Å²) in [4.78, 5) is 43.0. The van der Waals surface area contributed by atoms with Gasteiger partial charge in [0.2, 0.25) is 5.91 Å². The molecule has 7 nitrogen and oxygen atoms in total. The third-order valence-corrected chi connectivity index (χ3v) is 5.35. The summed E-state index contributed by atoms with van der Waals surface area (Å²) in [6, 6.07) is 11.0. The number of carbonyl (C=O) groups is 3. The molecule has 0 radical (unpaired) electrons. The quantitative estimate of drug-likeness (QED) is 0.702. The summed E-state index contributed by atoms with van der Waals surface area (Å²) in [5, 5.41) is 3.09. The number of rotatable bonds is 4. The van der Waals surface area contributed by atoms with Gasteiger partial charge >= 0.3 is 0 Å². The van der Waals surface area contributed by atoms with Crippen LogP contribution in [0.1, 0.15) is 27.6 Å². The van der Waals surface area contributed by atoms with Gasteiger partial charge in [-0.15, -0.1) is 0 Å². The highest BCUT2D eigenvalue weighted by atomic mass is 32.1. The van der Waals surface area contributed by atoms with E-state index in [1.165, 1.54) is 18.3 Å². The second kappa shape index (κ2) is 6.48. The molecule has 3 aromatic rings. The monoisotopic (exact) mass is 381 g/mol. The number of fused-ring (bicyclic) bond motifs is 2. The standard InChI is InChI=1S/C19H15N3O4S/c1-10(22-17(24)12-5-3-4-6-13(12)18(22)25)16(23)21-19-20-14-8-7-11(26-2)9-15(14)27-19/h3-10H,1-2H3,(H,20,21,23). The number of amides is 3. The van der Waals surface area contributed by atoms with Gasteiger partial charge in [0.1, 0.15) is 11.8 Å². The van der Waals surface area contributed by atoms with Gasteiger partial charge in [0.15, 0.2) is 5.13 Å². The van der Waals surface area contributed by atoms with E-state index in [-0.39, 0.29) is 0 Å². The van der Waals surface area contributed by atoms with Crippen molar-refractivity contribution in [3.63, 3.8) is 0 Å². The maximum absolute atomic E-state index is 12.6. The van der Waals surface area contributed by atoms with E-state index in [9.17, 15) is 14.4 Å². The number of aromatic nitrogens is 1. The van der Waals surface area contributed by atoms with Crippen LogP contribution < -0.4 is 10.1 Å². The fraction of sp³-hybridized carbons (Fsp3) is 0.158. The number of hydrogen-bond donors (Lipinski definition) is 1. The fourth-order valence-electron chi connectivity index (χ4n) is 2.97. The van der Waals surface area contributed by atoms with E-state index < -0.39 is 23.8 Å². The van der Waals surface area contributed by atoms with Crippen LogP contribution in [-0.4, -0.2) is 40.8 Å². The highest BCUT2D eigenvalue weighted by Gasteiger charge is 2.40. The molecule has 1 aliphatic rings. The smallest absolute Gasteiger partial charge is 0.262 e. The van der Waals surface area contributed by atoms with Crippen LogP contribution in [-0.2, 0) is 4.79 Å². The summed E-state index contributed by atoms with van der Waals surface area (Å²) in [5.74, 6) is -0.710. The van der Waals surface area contributed by atoms with Crippen molar-refractivity contribution in [2.45, 2.75) is 13.0 Å². The number of ether oxygens (including phenoxy) is 1. The van der Waals surface area contributed by atoms with Crippen LogP contribution >= 0.6 is 11.3 Å². The van der Waals surface area contributed by atoms with Gasteiger partial charge in [0.25, 0.3) is 11.8 Å². The van der Waals surface area contributed by atoms with Gasteiger partial charge in [0.05, 0.1) is 28.5 Å². The zero-order chi connectivity index (χ0) is 19.1. The Morgan fingerprint density at radius 1 is 1.15 bits per heavy atom. The number of methoxy groups -OCH3 is 1. The number of imide groups is 1. The molecule has 4 rings (SSSR count). The molecule has 1 atom stereocenters. The average Bonchev–Trinajstić information content (AvgIpc) is 3.19. The van der Waals surface area contributed by atoms with Gasteiger partial charge in [-0.3, -0.25) is 19.3 Å². The molecular weight excluding hydrogens is 366 g/mol. The Morgan fingerprint density at radius 3 is 2.44 bits per heavy atom. The van der Waals surface area contributed by atoms with Crippen molar-refractivity contribution in [3.8, 4) is 5.75 Å². The lowest BCUT2D eigenvalue weighted by Crippen LogP contribution is -2.45. The van der Waals surface area contributed by atoms with Crippen molar-refractivity contribution in [1.82, 2.24) is 9.88 Å². The van der Waals surface area contributed by atoms with Crippen LogP contribution in [0.3, 0.4) is 0 Å². The number of benzene rings is 2. The van der Waals surface area contributed by atoms with E-state index in [2.05, 4.69) is 10.3 Å². The zero-order valence-corrected chi connectivity index (χ0v) is 15.4. The normalized spacial score (nSPS) is 14.4. The molecule has 0 fully saturated rings. The third-order valence-electron chi connectivity index (χ3n) is 4.42. The average molecular weight is 381 g/mol. The van der Waals surface area contributed by atoms with Crippen molar-refractivity contribution in [2.24, 2.45) is 0 Å². The van der Waals surface area contributed by atoms with Gasteiger partial charge < -0.3 is 10.1 Å². The molecule has 8 heteroatoms. The molecule has 2 heterocycles. The first kappa shape index (κ1) is 17.2. The van der Waals surface area contributed by atoms with Crippen molar-refractivity contribution in [2.75, 3.05) is 12.4 Å². The summed E-state index contributed by atoms with van der Waals surface area (Å²) in [6.07, 6.45) is 0. The molecule has 0 spiro atoms. The van der Waals surface area contributed by atoms with Crippen LogP contribution in [0.25, 0.3) is 10.2 Å². The van der Waals surface area contributed by atoms with Gasteiger partial charge in [-0.2, -0.15) is 0 Å². The zero-order valence-electron chi connectivity index (χ0n) is 14.6. The first-order valence-corrected chi connectivity index (χ1v) is 9.03. The summed E-state index contributed by atoms with van der Waals surface area (Å²) in [7, 11) is 1.58. The Bertz CT molecular complexity index is 1060. The van der Waals surface area contributed by atoms with Crippen LogP contribution in [0.15, 0.2) is 42.5 Å². The molecule has 0 saturated carbocycles. The first-order valence-electron chi connectivity index (χ1n) is 8.22. The second-order valence-electron chi connectivity index (χ2n) is 6.04. The Balaban J connectivity index is 1.55. The Labute approximate surface area is 158 Å². The van der Waals surface area contributed by atoms with Gasteiger partial charge in [0, 0.05) is 0 Å². The molecule has 1 aliphatic heterocycles. The lowest BCUT2D eigenvalue weighted by molar-refractivity contribution is -0.119. The topological polar surface area (TPSA) is 88.6 Å². The van der Waals surface area contributed by atoms with E-state index in [1.54, 1.807) is 43.5 Å². The number of carbonyl (C=O) groups excluding carboxylic acids is 3.